The first kappa shape index (κ1) is 17.5. The van der Waals surface area contributed by atoms with E-state index >= 15 is 0 Å². The second kappa shape index (κ2) is 7.63. The van der Waals surface area contributed by atoms with Crippen molar-refractivity contribution >= 4 is 17.8 Å². The Hall–Kier alpha value is -2.83. The highest BCUT2D eigenvalue weighted by Crippen LogP contribution is 2.28. The van der Waals surface area contributed by atoms with Crippen molar-refractivity contribution in [3.63, 3.8) is 0 Å². The van der Waals surface area contributed by atoms with E-state index in [9.17, 15) is 19.3 Å². The van der Waals surface area contributed by atoms with Gasteiger partial charge in [0.1, 0.15) is 12.6 Å². The molecule has 0 N–H and O–H groups in total. The van der Waals surface area contributed by atoms with Gasteiger partial charge in [0.2, 0.25) is 0 Å². The van der Waals surface area contributed by atoms with Crippen LogP contribution in [0, 0.1) is 10.8 Å². The van der Waals surface area contributed by atoms with Gasteiger partial charge in [0.05, 0.1) is 12.5 Å². The maximum Gasteiger partial charge on any atom is 0.411 e. The van der Waals surface area contributed by atoms with Crippen LogP contribution in [0.1, 0.15) is 18.9 Å². The van der Waals surface area contributed by atoms with Gasteiger partial charge in [-0.05, 0) is 18.9 Å². The molecule has 0 unspecified atom stereocenters. The van der Waals surface area contributed by atoms with E-state index in [1.165, 1.54) is 0 Å². The highest BCUT2D eigenvalue weighted by atomic mass is 16.6. The average Bonchev–Trinajstić information content (AvgIpc) is 2.89. The molecule has 2 amide bonds. The molecule has 0 aromatic heterocycles. The summed E-state index contributed by atoms with van der Waals surface area (Å²) in [5.41, 5.74) is 1.45. The molecular weight excluding hydrogens is 312 g/mol. The summed E-state index contributed by atoms with van der Waals surface area (Å²) in [6.07, 6.45) is -0.605. The lowest BCUT2D eigenvalue weighted by Crippen LogP contribution is -2.43. The zero-order chi connectivity index (χ0) is 17.7. The van der Waals surface area contributed by atoms with Crippen LogP contribution in [0.2, 0.25) is 0 Å². The summed E-state index contributed by atoms with van der Waals surface area (Å²) in [6, 6.07) is 7.76. The molecule has 1 aromatic rings. The van der Waals surface area contributed by atoms with Gasteiger partial charge in [-0.15, -0.1) is 11.5 Å². The fourth-order valence-electron chi connectivity index (χ4n) is 2.72. The molecule has 1 aromatic carbocycles. The molecule has 7 nitrogen and oxygen atoms in total. The van der Waals surface area contributed by atoms with E-state index in [1.807, 2.05) is 6.07 Å². The van der Waals surface area contributed by atoms with Gasteiger partial charge in [-0.25, -0.2) is 4.79 Å². The first-order valence-electron chi connectivity index (χ1n) is 7.45. The maximum absolute atomic E-state index is 12.3. The minimum absolute atomic E-state index is 0.00491. The van der Waals surface area contributed by atoms with Crippen molar-refractivity contribution in [1.29, 1.82) is 0 Å². The molecule has 7 heteroatoms. The van der Waals surface area contributed by atoms with E-state index in [0.717, 1.165) is 10.5 Å². The van der Waals surface area contributed by atoms with Gasteiger partial charge < -0.3 is 4.74 Å². The van der Waals surface area contributed by atoms with Gasteiger partial charge in [0.15, 0.2) is 5.78 Å². The third-order valence-electron chi connectivity index (χ3n) is 3.81. The Balaban J connectivity index is 2.12. The topological polar surface area (TPSA) is 93.1 Å². The smallest absolute Gasteiger partial charge is 0.411 e. The Bertz CT molecular complexity index is 671. The number of nitrogens with zero attached hydrogens (tertiary/aromatic N) is 2. The molecule has 1 fully saturated rings. The number of rotatable bonds is 5. The Morgan fingerprint density at radius 3 is 2.58 bits per heavy atom. The van der Waals surface area contributed by atoms with E-state index in [1.54, 1.807) is 31.2 Å². The van der Waals surface area contributed by atoms with Gasteiger partial charge in [0, 0.05) is 5.18 Å². The van der Waals surface area contributed by atoms with E-state index < -0.39 is 24.0 Å². The number of ether oxygens (including phenoxy) is 1. The van der Waals surface area contributed by atoms with Gasteiger partial charge in [0.25, 0.3) is 0 Å². The lowest BCUT2D eigenvalue weighted by Gasteiger charge is -2.23. The van der Waals surface area contributed by atoms with Crippen LogP contribution in [-0.2, 0) is 20.9 Å². The van der Waals surface area contributed by atoms with Gasteiger partial charge in [-0.1, -0.05) is 35.9 Å². The number of carbonyl (C=O) groups is 3. The number of allylic oxidation sites excluding steroid dienone is 1. The molecule has 0 spiro atoms. The fraction of sp³-hybridized carbons (Fsp3) is 0.353. The van der Waals surface area contributed by atoms with E-state index in [4.69, 9.17) is 4.74 Å². The monoisotopic (exact) mass is 330 g/mol. The number of benzene rings is 1. The summed E-state index contributed by atoms with van der Waals surface area (Å²) >= 11 is 0. The van der Waals surface area contributed by atoms with Crippen LogP contribution < -0.4 is 0 Å². The molecule has 1 heterocycles. The molecule has 0 radical (unpaired) electrons. The predicted molar refractivity (Wildman–Crippen MR) is 85.9 cm³/mol. The minimum Gasteiger partial charge on any atom is -0.445 e. The van der Waals surface area contributed by atoms with Gasteiger partial charge in [-0.3, -0.25) is 14.5 Å². The number of Topliss-reactive ketones (excluding diaryl/α,β-unsaturated/α-hetero) is 1. The summed E-state index contributed by atoms with van der Waals surface area (Å²) < 4.78 is 5.15. The fourth-order valence-corrected chi connectivity index (χ4v) is 2.72. The normalized spacial score (nSPS) is 19.9. The summed E-state index contributed by atoms with van der Waals surface area (Å²) in [7, 11) is 0. The van der Waals surface area contributed by atoms with Crippen molar-refractivity contribution in [3.05, 3.63) is 53.0 Å². The van der Waals surface area contributed by atoms with Crippen LogP contribution in [0.4, 0.5) is 4.79 Å². The third-order valence-corrected chi connectivity index (χ3v) is 3.81. The number of amides is 2. The zero-order valence-corrected chi connectivity index (χ0v) is 13.3. The van der Waals surface area contributed by atoms with Crippen molar-refractivity contribution in [2.45, 2.75) is 26.0 Å². The molecule has 1 aliphatic rings. The number of likely N-dealkylation sites (tertiary alicyclic amines) is 1. The molecule has 0 saturated carbocycles. The second-order valence-corrected chi connectivity index (χ2v) is 5.78. The first-order chi connectivity index (χ1) is 11.4. The van der Waals surface area contributed by atoms with E-state index in [2.05, 4.69) is 11.8 Å². The van der Waals surface area contributed by atoms with Crippen LogP contribution in [-0.4, -0.2) is 35.3 Å². The second-order valence-electron chi connectivity index (χ2n) is 5.78. The molecule has 0 bridgehead atoms. The molecule has 24 heavy (non-hydrogen) atoms. The van der Waals surface area contributed by atoms with Crippen molar-refractivity contribution in [2.24, 2.45) is 11.1 Å². The number of hydrogen-bond donors (Lipinski definition) is 0. The zero-order valence-electron chi connectivity index (χ0n) is 13.3. The molecular formula is C17H18N2O5. The molecule has 2 atom stereocenters. The van der Waals surface area contributed by atoms with Crippen molar-refractivity contribution in [1.82, 2.24) is 4.90 Å². The first-order valence-corrected chi connectivity index (χ1v) is 7.45. The summed E-state index contributed by atoms with van der Waals surface area (Å²) in [5.74, 6) is -2.17. The lowest BCUT2D eigenvalue weighted by molar-refractivity contribution is -0.125. The average molecular weight is 330 g/mol. The number of carbonyl (C=O) groups excluding carboxylic acids is 3. The largest absolute Gasteiger partial charge is 0.445 e. The quantitative estimate of drug-likeness (QED) is 0.610. The Labute approximate surface area is 139 Å². The standard InChI is InChI=1S/C17H18N2O5/c1-11(2)8-13-14(20)9-19(15(13)16(21)18-23)17(22)24-10-12-6-4-3-5-7-12/h3-7,13,15H,1,8-10H2,2H3/t13-,15-/m0/s1. The van der Waals surface area contributed by atoms with Crippen molar-refractivity contribution < 1.29 is 19.1 Å². The molecule has 1 aliphatic heterocycles. The molecule has 1 saturated heterocycles. The highest BCUT2D eigenvalue weighted by molar-refractivity contribution is 5.99. The molecule has 0 aliphatic carbocycles. The Kier molecular flexibility index (Phi) is 5.57. The van der Waals surface area contributed by atoms with Crippen LogP contribution in [0.3, 0.4) is 0 Å². The minimum atomic E-state index is -1.23. The van der Waals surface area contributed by atoms with Crippen molar-refractivity contribution in [2.75, 3.05) is 6.54 Å². The van der Waals surface area contributed by atoms with Gasteiger partial charge in [-0.2, -0.15) is 0 Å². The molecule has 126 valence electrons. The summed E-state index contributed by atoms with van der Waals surface area (Å²) in [6.45, 7) is 5.14. The SMILES string of the molecule is C=C(C)C[C@H]1C(=O)CN(C(=O)OCc2ccccc2)[C@@H]1C(=O)N=O. The number of hydrogen-bond acceptors (Lipinski definition) is 5. The van der Waals surface area contributed by atoms with Gasteiger partial charge >= 0.3 is 12.0 Å². The van der Waals surface area contributed by atoms with E-state index in [0.29, 0.717) is 5.57 Å². The maximum atomic E-state index is 12.3. The van der Waals surface area contributed by atoms with Crippen LogP contribution >= 0.6 is 0 Å². The van der Waals surface area contributed by atoms with Crippen LogP contribution in [0.5, 0.6) is 0 Å². The Morgan fingerprint density at radius 1 is 1.33 bits per heavy atom. The molecule has 2 rings (SSSR count). The highest BCUT2D eigenvalue weighted by Gasteiger charge is 2.48. The lowest BCUT2D eigenvalue weighted by atomic mass is 9.92. The summed E-state index contributed by atoms with van der Waals surface area (Å²) in [4.78, 5) is 47.9. The Morgan fingerprint density at radius 2 is 2.00 bits per heavy atom. The van der Waals surface area contributed by atoms with E-state index in [-0.39, 0.29) is 25.4 Å². The summed E-state index contributed by atoms with van der Waals surface area (Å²) in [5, 5.41) is 2.39. The van der Waals surface area contributed by atoms with Crippen molar-refractivity contribution in [3.8, 4) is 0 Å². The van der Waals surface area contributed by atoms with Crippen LogP contribution in [0.25, 0.3) is 0 Å². The van der Waals surface area contributed by atoms with Crippen LogP contribution in [0.15, 0.2) is 47.7 Å². The number of nitroso groups, excluding NO2 is 1. The number of ketones is 1. The third kappa shape index (κ3) is 3.92. The predicted octanol–water partition coefficient (Wildman–Crippen LogP) is 2.45.